The van der Waals surface area contributed by atoms with E-state index in [2.05, 4.69) is 10.6 Å². The highest BCUT2D eigenvalue weighted by Crippen LogP contribution is 2.28. The van der Waals surface area contributed by atoms with Gasteiger partial charge in [0.05, 0.1) is 24.1 Å². The molecule has 2 aromatic rings. The second-order valence-corrected chi connectivity index (χ2v) is 8.13. The number of nitrogens with one attached hydrogen (secondary N) is 2. The van der Waals surface area contributed by atoms with Gasteiger partial charge in [-0.05, 0) is 43.2 Å². The van der Waals surface area contributed by atoms with Gasteiger partial charge in [0.15, 0.2) is 0 Å². The maximum atomic E-state index is 13.0. The summed E-state index contributed by atoms with van der Waals surface area (Å²) in [5.41, 5.74) is 1.80. The van der Waals surface area contributed by atoms with Crippen LogP contribution in [0.2, 0.25) is 0 Å². The third-order valence-electron chi connectivity index (χ3n) is 4.37. The van der Waals surface area contributed by atoms with E-state index in [1.54, 1.807) is 13.8 Å². The van der Waals surface area contributed by atoms with Gasteiger partial charge in [0.2, 0.25) is 0 Å². The fourth-order valence-corrected chi connectivity index (χ4v) is 4.37. The zero-order valence-corrected chi connectivity index (χ0v) is 16.3. The van der Waals surface area contributed by atoms with Crippen LogP contribution in [-0.4, -0.2) is 38.0 Å². The normalized spacial score (nSPS) is 16.6. The van der Waals surface area contributed by atoms with Gasteiger partial charge in [-0.3, -0.25) is 5.32 Å². The van der Waals surface area contributed by atoms with Crippen molar-refractivity contribution in [2.45, 2.75) is 24.8 Å². The summed E-state index contributed by atoms with van der Waals surface area (Å²) in [5.74, 6) is 0. The summed E-state index contributed by atoms with van der Waals surface area (Å²) in [6, 6.07) is 12.4. The van der Waals surface area contributed by atoms with Crippen molar-refractivity contribution in [3.8, 4) is 0 Å². The average Bonchev–Trinajstić information content (AvgIpc) is 3.07. The molecule has 1 fully saturated rings. The second-order valence-electron chi connectivity index (χ2n) is 6.27. The Kier molecular flexibility index (Phi) is 5.55. The number of nitrogens with zero attached hydrogens (tertiary/aromatic N) is 1. The van der Waals surface area contributed by atoms with Crippen molar-refractivity contribution in [1.29, 1.82) is 0 Å². The third kappa shape index (κ3) is 3.94. The molecule has 2 aromatic carbocycles. The van der Waals surface area contributed by atoms with Crippen LogP contribution < -0.4 is 10.6 Å². The van der Waals surface area contributed by atoms with Crippen LogP contribution in [-0.2, 0) is 14.8 Å². The van der Waals surface area contributed by atoms with E-state index in [4.69, 9.17) is 4.74 Å². The molecule has 3 amide bonds. The molecule has 0 radical (unpaired) electrons. The molecule has 1 aliphatic heterocycles. The number of amides is 3. The van der Waals surface area contributed by atoms with Crippen molar-refractivity contribution in [1.82, 2.24) is 9.62 Å². The molecule has 1 unspecified atom stereocenters. The van der Waals surface area contributed by atoms with Crippen molar-refractivity contribution in [3.05, 3.63) is 59.7 Å². The average molecular weight is 403 g/mol. The third-order valence-corrected chi connectivity index (χ3v) is 6.12. The monoisotopic (exact) mass is 403 g/mol. The summed E-state index contributed by atoms with van der Waals surface area (Å²) < 4.78 is 31.6. The smallest absolute Gasteiger partial charge is 0.411 e. The van der Waals surface area contributed by atoms with Crippen LogP contribution in [0.3, 0.4) is 0 Å². The summed E-state index contributed by atoms with van der Waals surface area (Å²) in [5, 5.41) is 5.24. The number of carbonyl (C=O) groups is 2. The Balaban J connectivity index is 1.82. The van der Waals surface area contributed by atoms with Gasteiger partial charge < -0.3 is 10.1 Å². The van der Waals surface area contributed by atoms with Crippen molar-refractivity contribution in [2.24, 2.45) is 0 Å². The molecule has 2 N–H and O–H groups in total. The largest absolute Gasteiger partial charge is 0.450 e. The molecule has 1 saturated heterocycles. The van der Waals surface area contributed by atoms with Crippen LogP contribution in [0.25, 0.3) is 0 Å². The van der Waals surface area contributed by atoms with Gasteiger partial charge in [-0.15, -0.1) is 0 Å². The lowest BCUT2D eigenvalue weighted by Gasteiger charge is -2.17. The van der Waals surface area contributed by atoms with Crippen LogP contribution in [0.4, 0.5) is 15.3 Å². The van der Waals surface area contributed by atoms with Gasteiger partial charge in [0, 0.05) is 5.69 Å². The molecule has 0 spiro atoms. The van der Waals surface area contributed by atoms with E-state index in [0.717, 1.165) is 9.87 Å². The molecule has 1 aliphatic rings. The number of aryl methyl sites for hydroxylation is 1. The van der Waals surface area contributed by atoms with Crippen LogP contribution in [0.1, 0.15) is 24.1 Å². The molecular formula is C19H21N3O5S. The summed E-state index contributed by atoms with van der Waals surface area (Å²) >= 11 is 0. The van der Waals surface area contributed by atoms with Gasteiger partial charge in [0.1, 0.15) is 0 Å². The van der Waals surface area contributed by atoms with Crippen LogP contribution in [0.15, 0.2) is 53.4 Å². The molecule has 1 heterocycles. The summed E-state index contributed by atoms with van der Waals surface area (Å²) in [6.07, 6.45) is -0.620. The van der Waals surface area contributed by atoms with Crippen molar-refractivity contribution in [3.63, 3.8) is 0 Å². The van der Waals surface area contributed by atoms with E-state index in [0.29, 0.717) is 11.3 Å². The van der Waals surface area contributed by atoms with Gasteiger partial charge >= 0.3 is 12.1 Å². The number of ether oxygens (including phenoxy) is 1. The first-order valence-corrected chi connectivity index (χ1v) is 10.2. The van der Waals surface area contributed by atoms with E-state index in [-0.39, 0.29) is 18.0 Å². The number of carbonyl (C=O) groups excluding carboxylic acids is 2. The lowest BCUT2D eigenvalue weighted by molar-refractivity contribution is 0.168. The highest BCUT2D eigenvalue weighted by atomic mass is 32.2. The lowest BCUT2D eigenvalue weighted by Crippen LogP contribution is -2.34. The van der Waals surface area contributed by atoms with Gasteiger partial charge in [-0.1, -0.05) is 30.3 Å². The number of sulfonamides is 1. The topological polar surface area (TPSA) is 105 Å². The van der Waals surface area contributed by atoms with E-state index in [1.165, 1.54) is 18.2 Å². The van der Waals surface area contributed by atoms with E-state index >= 15 is 0 Å². The van der Waals surface area contributed by atoms with Gasteiger partial charge in [-0.25, -0.2) is 22.3 Å². The number of hydrogen-bond donors (Lipinski definition) is 2. The lowest BCUT2D eigenvalue weighted by atomic mass is 10.1. The Labute approximate surface area is 163 Å². The Morgan fingerprint density at radius 2 is 1.96 bits per heavy atom. The van der Waals surface area contributed by atoms with Crippen LogP contribution in [0, 0.1) is 6.92 Å². The number of urea groups is 1. The molecule has 148 valence electrons. The predicted octanol–water partition coefficient (Wildman–Crippen LogP) is 3.02. The number of rotatable bonds is 5. The van der Waals surface area contributed by atoms with Gasteiger partial charge in [0.25, 0.3) is 10.0 Å². The minimum atomic E-state index is -4.03. The van der Waals surface area contributed by atoms with Crippen LogP contribution >= 0.6 is 0 Å². The number of hydrogen-bond acceptors (Lipinski definition) is 5. The van der Waals surface area contributed by atoms with Crippen LogP contribution in [0.5, 0.6) is 0 Å². The zero-order chi connectivity index (χ0) is 20.3. The number of benzene rings is 2. The molecule has 8 nitrogen and oxygen atoms in total. The SMILES string of the molecule is CCOC(=O)Nc1ccc(S(=O)(=O)N2CC(c3ccccc3)NC2=O)cc1C. The standard InChI is InChI=1S/C19H21N3O5S/c1-3-27-19(24)21-16-10-9-15(11-13(16)2)28(25,26)22-12-17(20-18(22)23)14-7-5-4-6-8-14/h4-11,17H,3,12H2,1-2H3,(H,20,23)(H,21,24). The molecule has 0 saturated carbocycles. The van der Waals surface area contributed by atoms with E-state index in [1.807, 2.05) is 30.3 Å². The maximum Gasteiger partial charge on any atom is 0.411 e. The first-order valence-electron chi connectivity index (χ1n) is 8.75. The summed E-state index contributed by atoms with van der Waals surface area (Å²) in [7, 11) is -4.03. The molecular weight excluding hydrogens is 382 g/mol. The Bertz CT molecular complexity index is 992. The molecule has 28 heavy (non-hydrogen) atoms. The zero-order valence-electron chi connectivity index (χ0n) is 15.5. The maximum absolute atomic E-state index is 13.0. The molecule has 1 atom stereocenters. The Hall–Kier alpha value is -3.07. The highest BCUT2D eigenvalue weighted by Gasteiger charge is 2.38. The van der Waals surface area contributed by atoms with E-state index < -0.39 is 28.2 Å². The minimum absolute atomic E-state index is 0.00700. The highest BCUT2D eigenvalue weighted by molar-refractivity contribution is 7.89. The quantitative estimate of drug-likeness (QED) is 0.798. The fourth-order valence-electron chi connectivity index (χ4n) is 2.94. The van der Waals surface area contributed by atoms with Gasteiger partial charge in [-0.2, -0.15) is 0 Å². The van der Waals surface area contributed by atoms with Crippen molar-refractivity contribution in [2.75, 3.05) is 18.5 Å². The predicted molar refractivity (Wildman–Crippen MR) is 103 cm³/mol. The summed E-state index contributed by atoms with van der Waals surface area (Å²) in [4.78, 5) is 23.8. The first kappa shape index (κ1) is 19.7. The van der Waals surface area contributed by atoms with Crippen molar-refractivity contribution < 1.29 is 22.7 Å². The molecule has 3 rings (SSSR count). The second kappa shape index (κ2) is 7.89. The Morgan fingerprint density at radius 1 is 1.25 bits per heavy atom. The number of anilines is 1. The Morgan fingerprint density at radius 3 is 2.61 bits per heavy atom. The van der Waals surface area contributed by atoms with E-state index in [9.17, 15) is 18.0 Å². The fraction of sp³-hybridized carbons (Fsp3) is 0.263. The molecule has 0 aliphatic carbocycles. The molecule has 0 aromatic heterocycles. The first-order chi connectivity index (χ1) is 13.3. The summed E-state index contributed by atoms with van der Waals surface area (Å²) in [6.45, 7) is 3.58. The van der Waals surface area contributed by atoms with Crippen molar-refractivity contribution >= 4 is 27.8 Å². The molecule has 9 heteroatoms. The molecule has 0 bridgehead atoms. The minimum Gasteiger partial charge on any atom is -0.450 e.